The molecule has 11 heteroatoms. The number of hydrogen-bond acceptors (Lipinski definition) is 8. The SMILES string of the molecule is COc1ccc(OC)c(NC(=O)C(Sc2cccc(NC(=O)/C(=C\c3ccc(OC)cc3OC)NC(=O)c3ccccc3)c2)c2ccccc2)c1. The number of anilines is 2. The van der Waals surface area contributed by atoms with Gasteiger partial charge in [0.1, 0.15) is 33.9 Å². The Hall–Kier alpha value is -6.20. The topological polar surface area (TPSA) is 124 Å². The molecule has 0 bridgehead atoms. The highest BCUT2D eigenvalue weighted by Gasteiger charge is 2.24. The second-order valence-electron chi connectivity index (χ2n) is 10.9. The van der Waals surface area contributed by atoms with Crippen molar-refractivity contribution < 1.29 is 33.3 Å². The van der Waals surface area contributed by atoms with Crippen LogP contribution in [-0.4, -0.2) is 46.2 Å². The number of carbonyl (C=O) groups excluding carboxylic acids is 3. The fraction of sp³-hybridized carbons (Fsp3) is 0.125. The number of benzene rings is 5. The Kier molecular flexibility index (Phi) is 12.4. The minimum absolute atomic E-state index is 0.0147. The van der Waals surface area contributed by atoms with Crippen LogP contribution in [0.1, 0.15) is 26.7 Å². The van der Waals surface area contributed by atoms with Crippen LogP contribution in [0, 0.1) is 0 Å². The van der Waals surface area contributed by atoms with Gasteiger partial charge in [-0.05, 0) is 66.2 Å². The van der Waals surface area contributed by atoms with Crippen molar-refractivity contribution in [2.24, 2.45) is 0 Å². The first-order valence-corrected chi connectivity index (χ1v) is 16.7. The summed E-state index contributed by atoms with van der Waals surface area (Å²) in [6.45, 7) is 0. The summed E-state index contributed by atoms with van der Waals surface area (Å²) in [5.41, 5.74) is 2.61. The highest BCUT2D eigenvalue weighted by atomic mass is 32.2. The first-order valence-electron chi connectivity index (χ1n) is 15.8. The summed E-state index contributed by atoms with van der Waals surface area (Å²) < 4.78 is 21.7. The highest BCUT2D eigenvalue weighted by Crippen LogP contribution is 2.38. The average Bonchev–Trinajstić information content (AvgIpc) is 3.17. The molecule has 0 aromatic heterocycles. The van der Waals surface area contributed by atoms with Crippen molar-refractivity contribution >= 4 is 46.9 Å². The smallest absolute Gasteiger partial charge is 0.272 e. The molecule has 0 radical (unpaired) electrons. The lowest BCUT2D eigenvalue weighted by Crippen LogP contribution is -2.30. The fourth-order valence-electron chi connectivity index (χ4n) is 5.03. The van der Waals surface area contributed by atoms with Crippen LogP contribution < -0.4 is 34.9 Å². The van der Waals surface area contributed by atoms with Crippen LogP contribution >= 0.6 is 11.8 Å². The molecule has 3 N–H and O–H groups in total. The van der Waals surface area contributed by atoms with Gasteiger partial charge in [-0.1, -0.05) is 54.6 Å². The zero-order valence-electron chi connectivity index (χ0n) is 28.5. The van der Waals surface area contributed by atoms with Crippen LogP contribution in [-0.2, 0) is 9.59 Å². The van der Waals surface area contributed by atoms with Gasteiger partial charge in [0.25, 0.3) is 11.8 Å². The van der Waals surface area contributed by atoms with Crippen LogP contribution in [0.2, 0.25) is 0 Å². The van der Waals surface area contributed by atoms with Gasteiger partial charge in [-0.15, -0.1) is 11.8 Å². The van der Waals surface area contributed by atoms with Gasteiger partial charge >= 0.3 is 0 Å². The molecule has 0 aliphatic heterocycles. The maximum atomic E-state index is 13.9. The number of rotatable bonds is 14. The Morgan fingerprint density at radius 2 is 1.31 bits per heavy atom. The van der Waals surface area contributed by atoms with Crippen LogP contribution in [0.4, 0.5) is 11.4 Å². The first-order chi connectivity index (χ1) is 24.8. The van der Waals surface area contributed by atoms with E-state index in [4.69, 9.17) is 18.9 Å². The predicted octanol–water partition coefficient (Wildman–Crippen LogP) is 7.60. The minimum Gasteiger partial charge on any atom is -0.497 e. The second-order valence-corrected chi connectivity index (χ2v) is 12.1. The van der Waals surface area contributed by atoms with Crippen molar-refractivity contribution in [3.8, 4) is 23.0 Å². The quantitative estimate of drug-likeness (QED) is 0.0798. The normalized spacial score (nSPS) is 11.5. The summed E-state index contributed by atoms with van der Waals surface area (Å²) in [4.78, 5) is 41.6. The minimum atomic E-state index is -0.670. The Labute approximate surface area is 300 Å². The van der Waals surface area contributed by atoms with Gasteiger partial charge in [-0.3, -0.25) is 14.4 Å². The van der Waals surface area contributed by atoms with Crippen molar-refractivity contribution in [2.45, 2.75) is 10.1 Å². The van der Waals surface area contributed by atoms with E-state index in [-0.39, 0.29) is 11.6 Å². The molecular formula is C40H37N3O7S. The third-order valence-corrected chi connectivity index (χ3v) is 8.87. The van der Waals surface area contributed by atoms with Gasteiger partial charge in [0.2, 0.25) is 5.91 Å². The van der Waals surface area contributed by atoms with Crippen LogP contribution in [0.5, 0.6) is 23.0 Å². The van der Waals surface area contributed by atoms with Crippen molar-refractivity contribution in [3.63, 3.8) is 0 Å². The fourth-order valence-corrected chi connectivity index (χ4v) is 6.11. The number of carbonyl (C=O) groups is 3. The summed E-state index contributed by atoms with van der Waals surface area (Å²) in [6.07, 6.45) is 1.54. The van der Waals surface area contributed by atoms with E-state index in [0.29, 0.717) is 50.4 Å². The molecule has 1 atom stereocenters. The largest absolute Gasteiger partial charge is 0.497 e. The second kappa shape index (κ2) is 17.5. The van der Waals surface area contributed by atoms with E-state index in [2.05, 4.69) is 16.0 Å². The number of amides is 3. The zero-order chi connectivity index (χ0) is 36.2. The Bertz CT molecular complexity index is 2020. The molecule has 0 saturated carbocycles. The van der Waals surface area contributed by atoms with Crippen LogP contribution in [0.15, 0.2) is 132 Å². The third-order valence-electron chi connectivity index (χ3n) is 7.62. The van der Waals surface area contributed by atoms with E-state index in [1.54, 1.807) is 99.1 Å². The molecule has 51 heavy (non-hydrogen) atoms. The molecule has 10 nitrogen and oxygen atoms in total. The zero-order valence-corrected chi connectivity index (χ0v) is 29.3. The average molecular weight is 704 g/mol. The summed E-state index contributed by atoms with van der Waals surface area (Å²) >= 11 is 1.31. The molecule has 0 aliphatic rings. The van der Waals surface area contributed by atoms with Crippen molar-refractivity contribution in [2.75, 3.05) is 39.1 Å². The van der Waals surface area contributed by atoms with Crippen molar-refractivity contribution in [3.05, 3.63) is 144 Å². The molecule has 1 unspecified atom stereocenters. The van der Waals surface area contributed by atoms with Crippen LogP contribution in [0.25, 0.3) is 6.08 Å². The number of thioether (sulfide) groups is 1. The van der Waals surface area contributed by atoms with E-state index >= 15 is 0 Å². The molecule has 0 aliphatic carbocycles. The van der Waals surface area contributed by atoms with Gasteiger partial charge in [0.05, 0.1) is 34.1 Å². The molecular weight excluding hydrogens is 667 g/mol. The van der Waals surface area contributed by atoms with Gasteiger partial charge in [0, 0.05) is 33.8 Å². The molecule has 5 aromatic carbocycles. The van der Waals surface area contributed by atoms with Gasteiger partial charge < -0.3 is 34.9 Å². The third kappa shape index (κ3) is 9.49. The summed E-state index contributed by atoms with van der Waals surface area (Å²) in [5, 5.41) is 7.97. The van der Waals surface area contributed by atoms with Gasteiger partial charge in [-0.2, -0.15) is 0 Å². The van der Waals surface area contributed by atoms with E-state index in [9.17, 15) is 14.4 Å². The van der Waals surface area contributed by atoms with Gasteiger partial charge in [0.15, 0.2) is 0 Å². The molecule has 260 valence electrons. The Morgan fingerprint density at radius 1 is 0.647 bits per heavy atom. The number of nitrogens with one attached hydrogen (secondary N) is 3. The molecule has 0 heterocycles. The summed E-state index contributed by atoms with van der Waals surface area (Å²) in [7, 11) is 6.13. The lowest BCUT2D eigenvalue weighted by Gasteiger charge is -2.19. The summed E-state index contributed by atoms with van der Waals surface area (Å²) in [5.74, 6) is 0.763. The first kappa shape index (κ1) is 36.1. The molecule has 5 rings (SSSR count). The van der Waals surface area contributed by atoms with E-state index in [1.165, 1.54) is 32.1 Å². The maximum absolute atomic E-state index is 13.9. The lowest BCUT2D eigenvalue weighted by atomic mass is 10.1. The number of ether oxygens (including phenoxy) is 4. The summed E-state index contributed by atoms with van der Waals surface area (Å²) in [6, 6.07) is 35.4. The van der Waals surface area contributed by atoms with Gasteiger partial charge in [-0.25, -0.2) is 0 Å². The number of methoxy groups -OCH3 is 4. The molecule has 0 spiro atoms. The maximum Gasteiger partial charge on any atom is 0.272 e. The van der Waals surface area contributed by atoms with Crippen LogP contribution in [0.3, 0.4) is 0 Å². The monoisotopic (exact) mass is 703 g/mol. The molecule has 0 fully saturated rings. The van der Waals surface area contributed by atoms with E-state index < -0.39 is 17.1 Å². The molecule has 5 aromatic rings. The van der Waals surface area contributed by atoms with E-state index in [0.717, 1.165) is 5.56 Å². The Morgan fingerprint density at radius 3 is 2.00 bits per heavy atom. The predicted molar refractivity (Wildman–Crippen MR) is 200 cm³/mol. The molecule has 3 amide bonds. The highest BCUT2D eigenvalue weighted by molar-refractivity contribution is 8.00. The molecule has 0 saturated heterocycles. The van der Waals surface area contributed by atoms with E-state index in [1.807, 2.05) is 36.4 Å². The van der Waals surface area contributed by atoms with Crippen molar-refractivity contribution in [1.82, 2.24) is 5.32 Å². The lowest BCUT2D eigenvalue weighted by molar-refractivity contribution is -0.116. The van der Waals surface area contributed by atoms with Crippen molar-refractivity contribution in [1.29, 1.82) is 0 Å². The number of hydrogen-bond donors (Lipinski definition) is 3. The Balaban J connectivity index is 1.42. The standard InChI is InChI=1S/C40H37N3O7S/c1-47-30-20-21-35(49-3)33(24-30)42-40(46)37(26-12-7-5-8-13-26)51-32-17-11-16-29(23-32)41-39(45)34(43-38(44)27-14-9-6-10-15-27)22-28-18-19-31(48-2)25-36(28)50-4/h5-25,37H,1-4H3,(H,41,45)(H,42,46)(H,43,44)/b34-22+.